The van der Waals surface area contributed by atoms with Crippen molar-refractivity contribution in [1.82, 2.24) is 4.31 Å². The fourth-order valence-electron chi connectivity index (χ4n) is 3.39. The first-order chi connectivity index (χ1) is 14.3. The number of ether oxygens (including phenoxy) is 1. The topological polar surface area (TPSA) is 99.5 Å². The quantitative estimate of drug-likeness (QED) is 0.695. The lowest BCUT2D eigenvalue weighted by Gasteiger charge is -2.20. The summed E-state index contributed by atoms with van der Waals surface area (Å²) >= 11 is 0. The average Bonchev–Trinajstić information content (AvgIpc) is 3.55. The van der Waals surface area contributed by atoms with Crippen molar-refractivity contribution < 1.29 is 17.9 Å². The summed E-state index contributed by atoms with van der Waals surface area (Å²) in [6.45, 7) is 4.14. The Balaban J connectivity index is 1.85. The SMILES string of the molecule is CCN(CC)S(=O)(=O)c1cc(C(=O)Nc2ccc(C3(C#N)CC3)cc2)ccc1OC. The Bertz CT molecular complexity index is 1080. The zero-order valence-electron chi connectivity index (χ0n) is 17.3. The monoisotopic (exact) mass is 427 g/mol. The van der Waals surface area contributed by atoms with Crippen LogP contribution in [0.1, 0.15) is 42.6 Å². The van der Waals surface area contributed by atoms with E-state index in [2.05, 4.69) is 11.4 Å². The highest BCUT2D eigenvalue weighted by Gasteiger charge is 2.44. The van der Waals surface area contributed by atoms with Crippen LogP contribution in [0.15, 0.2) is 47.4 Å². The zero-order chi connectivity index (χ0) is 21.9. The van der Waals surface area contributed by atoms with E-state index in [1.807, 2.05) is 12.1 Å². The number of benzene rings is 2. The normalized spacial score (nSPS) is 14.8. The van der Waals surface area contributed by atoms with Crippen LogP contribution in [0.4, 0.5) is 5.69 Å². The number of carbonyl (C=O) groups is 1. The van der Waals surface area contributed by atoms with Gasteiger partial charge in [-0.3, -0.25) is 4.79 Å². The minimum Gasteiger partial charge on any atom is -0.495 e. The highest BCUT2D eigenvalue weighted by atomic mass is 32.2. The maximum atomic E-state index is 13.0. The molecule has 0 aromatic heterocycles. The Hall–Kier alpha value is -2.89. The Morgan fingerprint density at radius 1 is 1.17 bits per heavy atom. The summed E-state index contributed by atoms with van der Waals surface area (Å²) < 4.78 is 32.5. The molecule has 1 aliphatic rings. The van der Waals surface area contributed by atoms with E-state index < -0.39 is 15.9 Å². The maximum absolute atomic E-state index is 13.0. The summed E-state index contributed by atoms with van der Waals surface area (Å²) in [5.74, 6) is -0.239. The van der Waals surface area contributed by atoms with Gasteiger partial charge in [-0.05, 0) is 48.7 Å². The molecule has 30 heavy (non-hydrogen) atoms. The minimum atomic E-state index is -3.79. The molecular formula is C22H25N3O4S. The molecule has 3 rings (SSSR count). The van der Waals surface area contributed by atoms with E-state index >= 15 is 0 Å². The van der Waals surface area contributed by atoms with Crippen molar-refractivity contribution in [3.63, 3.8) is 0 Å². The molecule has 8 heteroatoms. The number of anilines is 1. The third-order valence-electron chi connectivity index (χ3n) is 5.41. The van der Waals surface area contributed by atoms with E-state index in [1.165, 1.54) is 29.6 Å². The number of rotatable bonds is 8. The van der Waals surface area contributed by atoms with Gasteiger partial charge in [0, 0.05) is 24.3 Å². The molecule has 0 bridgehead atoms. The lowest BCUT2D eigenvalue weighted by atomic mass is 9.98. The number of hydrogen-bond acceptors (Lipinski definition) is 5. The molecule has 2 aromatic carbocycles. The van der Waals surface area contributed by atoms with E-state index in [0.717, 1.165) is 18.4 Å². The highest BCUT2D eigenvalue weighted by molar-refractivity contribution is 7.89. The third kappa shape index (κ3) is 4.04. The van der Waals surface area contributed by atoms with Crippen LogP contribution in [0.3, 0.4) is 0 Å². The van der Waals surface area contributed by atoms with Crippen LogP contribution in [0, 0.1) is 11.3 Å². The molecule has 0 unspecified atom stereocenters. The molecule has 0 radical (unpaired) electrons. The van der Waals surface area contributed by atoms with Gasteiger partial charge in [-0.2, -0.15) is 9.57 Å². The molecule has 0 aliphatic heterocycles. The Labute approximate surface area is 177 Å². The molecule has 1 aliphatic carbocycles. The smallest absolute Gasteiger partial charge is 0.255 e. The molecular weight excluding hydrogens is 402 g/mol. The first kappa shape index (κ1) is 21.8. The molecule has 1 amide bonds. The highest BCUT2D eigenvalue weighted by Crippen LogP contribution is 2.47. The van der Waals surface area contributed by atoms with Crippen LogP contribution in [0.25, 0.3) is 0 Å². The van der Waals surface area contributed by atoms with Gasteiger partial charge >= 0.3 is 0 Å². The second kappa shape index (κ2) is 8.46. The van der Waals surface area contributed by atoms with Gasteiger partial charge in [-0.1, -0.05) is 26.0 Å². The largest absolute Gasteiger partial charge is 0.495 e. The third-order valence-corrected chi connectivity index (χ3v) is 7.48. The van der Waals surface area contributed by atoms with Gasteiger partial charge in [0.1, 0.15) is 10.6 Å². The summed E-state index contributed by atoms with van der Waals surface area (Å²) in [5.41, 5.74) is 1.34. The van der Waals surface area contributed by atoms with Crippen LogP contribution in [0.5, 0.6) is 5.75 Å². The van der Waals surface area contributed by atoms with Gasteiger partial charge in [0.05, 0.1) is 18.6 Å². The molecule has 0 saturated heterocycles. The minimum absolute atomic E-state index is 0.0404. The van der Waals surface area contributed by atoms with Gasteiger partial charge in [0.25, 0.3) is 5.91 Å². The summed E-state index contributed by atoms with van der Waals surface area (Å²) in [5, 5.41) is 12.1. The molecule has 0 heterocycles. The fourth-order valence-corrected chi connectivity index (χ4v) is 5.03. The second-order valence-electron chi connectivity index (χ2n) is 7.18. The first-order valence-corrected chi connectivity index (χ1v) is 11.3. The number of sulfonamides is 1. The van der Waals surface area contributed by atoms with Gasteiger partial charge < -0.3 is 10.1 Å². The number of nitrogens with one attached hydrogen (secondary N) is 1. The van der Waals surface area contributed by atoms with E-state index in [4.69, 9.17) is 4.74 Å². The fraction of sp³-hybridized carbons (Fsp3) is 0.364. The number of carbonyl (C=O) groups excluding carboxylic acids is 1. The van der Waals surface area contributed by atoms with Crippen molar-refractivity contribution in [1.29, 1.82) is 5.26 Å². The molecule has 1 saturated carbocycles. The number of amides is 1. The van der Waals surface area contributed by atoms with E-state index in [-0.39, 0.29) is 21.6 Å². The number of hydrogen-bond donors (Lipinski definition) is 1. The first-order valence-electron chi connectivity index (χ1n) is 9.82. The van der Waals surface area contributed by atoms with E-state index in [9.17, 15) is 18.5 Å². The molecule has 1 fully saturated rings. The van der Waals surface area contributed by atoms with Crippen LogP contribution < -0.4 is 10.1 Å². The number of nitriles is 1. The Morgan fingerprint density at radius 3 is 2.30 bits per heavy atom. The van der Waals surface area contributed by atoms with Crippen LogP contribution in [-0.2, 0) is 15.4 Å². The van der Waals surface area contributed by atoms with Gasteiger partial charge in [0.15, 0.2) is 0 Å². The predicted octanol–water partition coefficient (Wildman–Crippen LogP) is 3.53. The Kier molecular flexibility index (Phi) is 6.15. The van der Waals surface area contributed by atoms with Crippen LogP contribution >= 0.6 is 0 Å². The van der Waals surface area contributed by atoms with Crippen molar-refractivity contribution >= 4 is 21.6 Å². The molecule has 158 valence electrons. The number of methoxy groups -OCH3 is 1. The zero-order valence-corrected chi connectivity index (χ0v) is 18.1. The average molecular weight is 428 g/mol. The lowest BCUT2D eigenvalue weighted by Crippen LogP contribution is -2.31. The molecule has 0 atom stereocenters. The van der Waals surface area contributed by atoms with Crippen molar-refractivity contribution in [3.8, 4) is 11.8 Å². The second-order valence-corrected chi connectivity index (χ2v) is 9.09. The van der Waals surface area contributed by atoms with Crippen LogP contribution in [0.2, 0.25) is 0 Å². The standard InChI is InChI=1S/C22H25N3O4S/c1-4-25(5-2)30(27,28)20-14-16(6-11-19(20)29-3)21(26)24-18-9-7-17(8-10-18)22(15-23)12-13-22/h6-11,14H,4-5,12-13H2,1-3H3,(H,24,26). The van der Waals surface area contributed by atoms with Crippen molar-refractivity contribution in [2.24, 2.45) is 0 Å². The van der Waals surface area contributed by atoms with Crippen molar-refractivity contribution in [3.05, 3.63) is 53.6 Å². The van der Waals surface area contributed by atoms with E-state index in [0.29, 0.717) is 18.8 Å². The molecule has 7 nitrogen and oxygen atoms in total. The molecule has 2 aromatic rings. The maximum Gasteiger partial charge on any atom is 0.255 e. The molecule has 0 spiro atoms. The summed E-state index contributed by atoms with van der Waals surface area (Å²) in [4.78, 5) is 12.7. The van der Waals surface area contributed by atoms with Crippen molar-refractivity contribution in [2.45, 2.75) is 37.0 Å². The van der Waals surface area contributed by atoms with E-state index in [1.54, 1.807) is 26.0 Å². The predicted molar refractivity (Wildman–Crippen MR) is 114 cm³/mol. The van der Waals surface area contributed by atoms with Crippen molar-refractivity contribution in [2.75, 3.05) is 25.5 Å². The Morgan fingerprint density at radius 2 is 1.80 bits per heavy atom. The summed E-state index contributed by atoms with van der Waals surface area (Å²) in [6.07, 6.45) is 1.70. The number of nitrogens with zero attached hydrogens (tertiary/aromatic N) is 2. The van der Waals surface area contributed by atoms with Gasteiger partial charge in [0.2, 0.25) is 10.0 Å². The molecule has 1 N–H and O–H groups in total. The van der Waals surface area contributed by atoms with Gasteiger partial charge in [-0.25, -0.2) is 8.42 Å². The summed E-state index contributed by atoms with van der Waals surface area (Å²) in [7, 11) is -2.40. The van der Waals surface area contributed by atoms with Gasteiger partial charge in [-0.15, -0.1) is 0 Å². The lowest BCUT2D eigenvalue weighted by molar-refractivity contribution is 0.102. The van der Waals surface area contributed by atoms with Crippen LogP contribution in [-0.4, -0.2) is 38.8 Å². The summed E-state index contributed by atoms with van der Waals surface area (Å²) in [6, 6.07) is 13.9.